The Bertz CT molecular complexity index is 729. The zero-order chi connectivity index (χ0) is 16.3. The normalized spacial score (nSPS) is 10.1. The van der Waals surface area contributed by atoms with Crippen molar-refractivity contribution in [2.45, 2.75) is 0 Å². The number of halogens is 2. The van der Waals surface area contributed by atoms with Crippen LogP contribution in [0.5, 0.6) is 5.75 Å². The Morgan fingerprint density at radius 1 is 1.09 bits per heavy atom. The van der Waals surface area contributed by atoms with Crippen LogP contribution in [0, 0.1) is 11.6 Å². The average molecular weight is 307 g/mol. The number of carbonyl (C=O) groups is 2. The Labute approximate surface area is 124 Å². The summed E-state index contributed by atoms with van der Waals surface area (Å²) in [6, 6.07) is 6.83. The molecule has 0 saturated heterocycles. The van der Waals surface area contributed by atoms with Gasteiger partial charge in [-0.2, -0.15) is 0 Å². The fourth-order valence-electron chi connectivity index (χ4n) is 1.72. The molecule has 0 heterocycles. The number of hydrogen-bond donors (Lipinski definition) is 2. The molecule has 0 fully saturated rings. The molecule has 0 unspecified atom stereocenters. The first-order valence-corrected chi connectivity index (χ1v) is 6.10. The maximum atomic E-state index is 13.1. The quantitative estimate of drug-likeness (QED) is 0.855. The van der Waals surface area contributed by atoms with Gasteiger partial charge in [0, 0.05) is 11.8 Å². The average Bonchev–Trinajstić information content (AvgIpc) is 2.50. The SMILES string of the molecule is COC(=O)c1ccc(NC(=O)c2cc(F)c(F)cc2O)cc1. The van der Waals surface area contributed by atoms with Gasteiger partial charge in [0.05, 0.1) is 18.2 Å². The van der Waals surface area contributed by atoms with Crippen molar-refractivity contribution in [3.05, 3.63) is 59.2 Å². The molecule has 0 atom stereocenters. The van der Waals surface area contributed by atoms with E-state index in [0.717, 1.165) is 0 Å². The molecule has 0 aromatic heterocycles. The summed E-state index contributed by atoms with van der Waals surface area (Å²) in [5, 5.41) is 11.9. The summed E-state index contributed by atoms with van der Waals surface area (Å²) >= 11 is 0. The summed E-state index contributed by atoms with van der Waals surface area (Å²) in [7, 11) is 1.24. The predicted octanol–water partition coefficient (Wildman–Crippen LogP) is 2.71. The van der Waals surface area contributed by atoms with Crippen LogP contribution in [0.4, 0.5) is 14.5 Å². The second kappa shape index (κ2) is 6.21. The van der Waals surface area contributed by atoms with Crippen LogP contribution < -0.4 is 5.32 Å². The second-order valence-corrected chi connectivity index (χ2v) is 4.31. The number of ether oxygens (including phenoxy) is 1. The molecule has 114 valence electrons. The van der Waals surface area contributed by atoms with Gasteiger partial charge in [-0.15, -0.1) is 0 Å². The summed E-state index contributed by atoms with van der Waals surface area (Å²) in [6.45, 7) is 0. The number of methoxy groups -OCH3 is 1. The van der Waals surface area contributed by atoms with Gasteiger partial charge in [-0.25, -0.2) is 13.6 Å². The van der Waals surface area contributed by atoms with Crippen LogP contribution in [-0.4, -0.2) is 24.1 Å². The minimum atomic E-state index is -1.25. The number of phenols is 1. The van der Waals surface area contributed by atoms with Crippen LogP contribution in [0.3, 0.4) is 0 Å². The number of aromatic hydroxyl groups is 1. The smallest absolute Gasteiger partial charge is 0.337 e. The van der Waals surface area contributed by atoms with Crippen molar-refractivity contribution in [2.75, 3.05) is 12.4 Å². The number of amides is 1. The van der Waals surface area contributed by atoms with Crippen LogP contribution in [0.15, 0.2) is 36.4 Å². The van der Waals surface area contributed by atoms with Crippen molar-refractivity contribution in [1.29, 1.82) is 0 Å². The molecule has 2 N–H and O–H groups in total. The summed E-state index contributed by atoms with van der Waals surface area (Å²) in [5.41, 5.74) is 0.189. The highest BCUT2D eigenvalue weighted by atomic mass is 19.2. The van der Waals surface area contributed by atoms with Crippen molar-refractivity contribution in [2.24, 2.45) is 0 Å². The Morgan fingerprint density at radius 2 is 1.68 bits per heavy atom. The first kappa shape index (κ1) is 15.4. The van der Waals surface area contributed by atoms with E-state index in [1.807, 2.05) is 0 Å². The molecule has 0 saturated carbocycles. The van der Waals surface area contributed by atoms with E-state index in [-0.39, 0.29) is 5.56 Å². The van der Waals surface area contributed by atoms with Gasteiger partial charge in [-0.1, -0.05) is 0 Å². The molecule has 0 aliphatic rings. The number of nitrogens with one attached hydrogen (secondary N) is 1. The van der Waals surface area contributed by atoms with E-state index < -0.39 is 34.8 Å². The molecule has 7 heteroatoms. The third-order valence-corrected chi connectivity index (χ3v) is 2.85. The fourth-order valence-corrected chi connectivity index (χ4v) is 1.72. The lowest BCUT2D eigenvalue weighted by Gasteiger charge is -2.08. The van der Waals surface area contributed by atoms with Gasteiger partial charge >= 0.3 is 5.97 Å². The molecule has 1 amide bonds. The van der Waals surface area contributed by atoms with Gasteiger partial charge in [-0.3, -0.25) is 4.79 Å². The van der Waals surface area contributed by atoms with E-state index in [1.165, 1.54) is 31.4 Å². The first-order valence-electron chi connectivity index (χ1n) is 6.10. The maximum absolute atomic E-state index is 13.1. The third kappa shape index (κ3) is 3.20. The van der Waals surface area contributed by atoms with Crippen LogP contribution in [0.2, 0.25) is 0 Å². The number of esters is 1. The Balaban J connectivity index is 2.19. The molecular weight excluding hydrogens is 296 g/mol. The van der Waals surface area contributed by atoms with Gasteiger partial charge in [0.2, 0.25) is 0 Å². The van der Waals surface area contributed by atoms with Crippen molar-refractivity contribution >= 4 is 17.6 Å². The molecule has 0 aliphatic carbocycles. The van der Waals surface area contributed by atoms with E-state index >= 15 is 0 Å². The molecule has 5 nitrogen and oxygen atoms in total. The lowest BCUT2D eigenvalue weighted by molar-refractivity contribution is 0.0600. The number of carbonyl (C=O) groups excluding carboxylic acids is 2. The number of rotatable bonds is 3. The summed E-state index contributed by atoms with van der Waals surface area (Å²) in [6.07, 6.45) is 0. The summed E-state index contributed by atoms with van der Waals surface area (Å²) in [5.74, 6) is -4.53. The molecule has 2 aromatic carbocycles. The van der Waals surface area contributed by atoms with Crippen LogP contribution in [0.25, 0.3) is 0 Å². The zero-order valence-corrected chi connectivity index (χ0v) is 11.4. The van der Waals surface area contributed by atoms with Gasteiger partial charge in [0.15, 0.2) is 11.6 Å². The first-order chi connectivity index (χ1) is 10.4. The summed E-state index contributed by atoms with van der Waals surface area (Å²) < 4.78 is 30.5. The van der Waals surface area contributed by atoms with E-state index in [4.69, 9.17) is 0 Å². The molecular formula is C15H11F2NO4. The topological polar surface area (TPSA) is 75.6 Å². The molecule has 0 spiro atoms. The molecule has 2 rings (SSSR count). The zero-order valence-electron chi connectivity index (χ0n) is 11.4. The maximum Gasteiger partial charge on any atom is 0.337 e. The minimum Gasteiger partial charge on any atom is -0.507 e. The highest BCUT2D eigenvalue weighted by molar-refractivity contribution is 6.06. The van der Waals surface area contributed by atoms with Crippen molar-refractivity contribution in [3.63, 3.8) is 0 Å². The highest BCUT2D eigenvalue weighted by Crippen LogP contribution is 2.22. The van der Waals surface area contributed by atoms with E-state index in [1.54, 1.807) is 0 Å². The van der Waals surface area contributed by atoms with Gasteiger partial charge in [-0.05, 0) is 30.3 Å². The van der Waals surface area contributed by atoms with Crippen LogP contribution in [-0.2, 0) is 4.74 Å². The number of phenolic OH excluding ortho intramolecular Hbond substituents is 1. The highest BCUT2D eigenvalue weighted by Gasteiger charge is 2.16. The number of benzene rings is 2. The van der Waals surface area contributed by atoms with Gasteiger partial charge in [0.25, 0.3) is 5.91 Å². The van der Waals surface area contributed by atoms with E-state index in [9.17, 15) is 23.5 Å². The standard InChI is InChI=1S/C15H11F2NO4/c1-22-15(21)8-2-4-9(5-3-8)18-14(20)10-6-11(16)12(17)7-13(10)19/h2-7,19H,1H3,(H,18,20). The van der Waals surface area contributed by atoms with Gasteiger partial charge in [0.1, 0.15) is 5.75 Å². The lowest BCUT2D eigenvalue weighted by Crippen LogP contribution is -2.13. The van der Waals surface area contributed by atoms with Crippen molar-refractivity contribution in [3.8, 4) is 5.75 Å². The molecule has 0 bridgehead atoms. The molecule has 0 aliphatic heterocycles. The van der Waals surface area contributed by atoms with Crippen LogP contribution in [0.1, 0.15) is 20.7 Å². The van der Waals surface area contributed by atoms with Crippen molar-refractivity contribution < 1.29 is 28.2 Å². The monoisotopic (exact) mass is 307 g/mol. The number of hydrogen-bond acceptors (Lipinski definition) is 4. The lowest BCUT2D eigenvalue weighted by atomic mass is 10.1. The van der Waals surface area contributed by atoms with Crippen molar-refractivity contribution in [1.82, 2.24) is 0 Å². The predicted molar refractivity (Wildman–Crippen MR) is 73.8 cm³/mol. The Kier molecular flexibility index (Phi) is 4.36. The third-order valence-electron chi connectivity index (χ3n) is 2.85. The molecule has 2 aromatic rings. The van der Waals surface area contributed by atoms with Crippen LogP contribution >= 0.6 is 0 Å². The largest absolute Gasteiger partial charge is 0.507 e. The minimum absolute atomic E-state index is 0.288. The Hall–Kier alpha value is -2.96. The second-order valence-electron chi connectivity index (χ2n) is 4.31. The van der Waals surface area contributed by atoms with E-state index in [0.29, 0.717) is 17.8 Å². The molecule has 0 radical (unpaired) electrons. The Morgan fingerprint density at radius 3 is 2.27 bits per heavy atom. The molecule has 22 heavy (non-hydrogen) atoms. The number of anilines is 1. The van der Waals surface area contributed by atoms with E-state index in [2.05, 4.69) is 10.1 Å². The fraction of sp³-hybridized carbons (Fsp3) is 0.0667. The van der Waals surface area contributed by atoms with Gasteiger partial charge < -0.3 is 15.2 Å². The summed E-state index contributed by atoms with van der Waals surface area (Å²) in [4.78, 5) is 23.2.